The fraction of sp³-hybridized carbons (Fsp3) is 0.950. The van der Waals surface area contributed by atoms with Crippen molar-refractivity contribution in [1.29, 1.82) is 0 Å². The van der Waals surface area contributed by atoms with Crippen LogP contribution >= 0.6 is 15.6 Å². The molecular formula is C80H156O17P2. The third kappa shape index (κ3) is 72.8. The zero-order valence-electron chi connectivity index (χ0n) is 65.0. The topological polar surface area (TPSA) is 237 Å². The zero-order chi connectivity index (χ0) is 73.0. The first-order valence-corrected chi connectivity index (χ1v) is 44.4. The van der Waals surface area contributed by atoms with Gasteiger partial charge in [-0.15, -0.1) is 0 Å². The molecule has 0 saturated carbocycles. The summed E-state index contributed by atoms with van der Waals surface area (Å²) >= 11 is 0. The molecule has 0 saturated heterocycles. The molecule has 3 N–H and O–H groups in total. The standard InChI is InChI=1S/C80H156O17P2/c1-8-10-11-12-37-47-54-61-77(82)90-67-75(96-79(84)64-57-50-43-36-30-24-22-26-32-39-45-52-59-72(5)6)69-94-98(86,87)92-65-74(81)66-93-99(88,89)95-70-76(68-91-78(83)62-55-48-41-34-28-23-21-25-31-38-44-51-58-71(3)4)97-80(85)63-56-49-42-35-29-20-18-16-14-13-15-17-19-27-33-40-46-53-60-73(7)9-2/h71-76,81H,8-70H2,1-7H3,(H,86,87)(H,88,89)/t73?,74-,75+,76+/m0/s1. The SMILES string of the molecule is CCCCCCCCCC(=O)OC[C@H](COP(=O)(O)OC[C@H](O)COP(=O)(O)OC[C@@H](COC(=O)CCCCCCCCCCCCCCC(C)C)OC(=O)CCCCCCCCCCCCCCCCCCCCC(C)CC)OC(=O)CCCCCCCCCCCCCCC(C)C. The van der Waals surface area contributed by atoms with Gasteiger partial charge in [0, 0.05) is 25.7 Å². The van der Waals surface area contributed by atoms with Gasteiger partial charge in [-0.05, 0) is 43.4 Å². The molecule has 0 heterocycles. The Morgan fingerprint density at radius 1 is 0.293 bits per heavy atom. The van der Waals surface area contributed by atoms with Crippen molar-refractivity contribution >= 4 is 39.5 Å². The number of carbonyl (C=O) groups excluding carboxylic acids is 4. The lowest BCUT2D eigenvalue weighted by atomic mass is 9.99. The molecule has 0 spiro atoms. The van der Waals surface area contributed by atoms with Crippen molar-refractivity contribution in [3.8, 4) is 0 Å². The summed E-state index contributed by atoms with van der Waals surface area (Å²) in [6.07, 6.45) is 58.4. The van der Waals surface area contributed by atoms with E-state index in [4.69, 9.17) is 37.0 Å². The summed E-state index contributed by atoms with van der Waals surface area (Å²) in [5.41, 5.74) is 0. The van der Waals surface area contributed by atoms with E-state index in [1.807, 2.05) is 0 Å². The van der Waals surface area contributed by atoms with Crippen molar-refractivity contribution in [2.24, 2.45) is 17.8 Å². The number of aliphatic hydroxyl groups excluding tert-OH is 1. The van der Waals surface area contributed by atoms with Gasteiger partial charge in [-0.1, -0.05) is 363 Å². The van der Waals surface area contributed by atoms with Gasteiger partial charge < -0.3 is 33.8 Å². The minimum absolute atomic E-state index is 0.106. The lowest BCUT2D eigenvalue weighted by molar-refractivity contribution is -0.161. The van der Waals surface area contributed by atoms with E-state index in [9.17, 15) is 43.2 Å². The summed E-state index contributed by atoms with van der Waals surface area (Å²) in [6, 6.07) is 0. The van der Waals surface area contributed by atoms with Gasteiger partial charge in [0.1, 0.15) is 19.3 Å². The maximum atomic E-state index is 13.1. The van der Waals surface area contributed by atoms with Crippen LogP contribution in [-0.2, 0) is 65.4 Å². The summed E-state index contributed by atoms with van der Waals surface area (Å²) in [5.74, 6) is 0.313. The Bertz CT molecular complexity index is 1920. The molecule has 0 aliphatic heterocycles. The second-order valence-electron chi connectivity index (χ2n) is 30.0. The van der Waals surface area contributed by atoms with Gasteiger partial charge in [-0.25, -0.2) is 9.13 Å². The summed E-state index contributed by atoms with van der Waals surface area (Å²) in [6.45, 7) is 12.0. The van der Waals surface area contributed by atoms with Crippen LogP contribution < -0.4 is 0 Å². The number of phosphoric acid groups is 2. The van der Waals surface area contributed by atoms with Crippen LogP contribution in [0.15, 0.2) is 0 Å². The lowest BCUT2D eigenvalue weighted by Crippen LogP contribution is -2.30. The largest absolute Gasteiger partial charge is 0.472 e. The Morgan fingerprint density at radius 3 is 0.768 bits per heavy atom. The van der Waals surface area contributed by atoms with Crippen molar-refractivity contribution in [2.45, 2.75) is 433 Å². The molecule has 0 bridgehead atoms. The molecule has 19 heteroatoms. The number of rotatable bonds is 78. The highest BCUT2D eigenvalue weighted by Crippen LogP contribution is 2.45. The van der Waals surface area contributed by atoms with Crippen LogP contribution in [-0.4, -0.2) is 96.7 Å². The van der Waals surface area contributed by atoms with Gasteiger partial charge in [0.25, 0.3) is 0 Å². The average Bonchev–Trinajstić information content (AvgIpc) is 1.58. The highest BCUT2D eigenvalue weighted by Gasteiger charge is 2.30. The minimum Gasteiger partial charge on any atom is -0.462 e. The van der Waals surface area contributed by atoms with Crippen LogP contribution in [0.25, 0.3) is 0 Å². The van der Waals surface area contributed by atoms with Crippen LogP contribution in [0.5, 0.6) is 0 Å². The third-order valence-electron chi connectivity index (χ3n) is 19.0. The predicted octanol–water partition coefficient (Wildman–Crippen LogP) is 23.7. The second-order valence-corrected chi connectivity index (χ2v) is 32.9. The molecule has 0 aromatic rings. The monoisotopic (exact) mass is 1450 g/mol. The molecule has 0 aromatic carbocycles. The molecule has 0 radical (unpaired) electrons. The number of phosphoric ester groups is 2. The highest BCUT2D eigenvalue weighted by atomic mass is 31.2. The van der Waals surface area contributed by atoms with E-state index in [0.29, 0.717) is 25.7 Å². The van der Waals surface area contributed by atoms with Crippen molar-refractivity contribution in [2.75, 3.05) is 39.6 Å². The van der Waals surface area contributed by atoms with E-state index in [-0.39, 0.29) is 25.7 Å². The highest BCUT2D eigenvalue weighted by molar-refractivity contribution is 7.47. The third-order valence-corrected chi connectivity index (χ3v) is 20.9. The van der Waals surface area contributed by atoms with Crippen LogP contribution in [0, 0.1) is 17.8 Å². The van der Waals surface area contributed by atoms with Crippen LogP contribution in [0.1, 0.15) is 414 Å². The number of carbonyl (C=O) groups is 4. The Labute approximate surface area is 607 Å². The van der Waals surface area contributed by atoms with E-state index < -0.39 is 97.5 Å². The second kappa shape index (κ2) is 70.4. The van der Waals surface area contributed by atoms with Gasteiger partial charge in [0.05, 0.1) is 26.4 Å². The molecule has 6 atom stereocenters. The van der Waals surface area contributed by atoms with Crippen LogP contribution in [0.2, 0.25) is 0 Å². The van der Waals surface area contributed by atoms with Crippen molar-refractivity contribution in [3.05, 3.63) is 0 Å². The van der Waals surface area contributed by atoms with Gasteiger partial charge in [0.15, 0.2) is 12.2 Å². The molecule has 0 aliphatic rings. The number of esters is 4. The number of ether oxygens (including phenoxy) is 4. The molecule has 3 unspecified atom stereocenters. The normalized spacial score (nSPS) is 14.3. The van der Waals surface area contributed by atoms with E-state index in [1.165, 1.54) is 212 Å². The summed E-state index contributed by atoms with van der Waals surface area (Å²) in [5, 5.41) is 10.6. The molecule has 17 nitrogen and oxygen atoms in total. The number of unbranched alkanes of at least 4 members (excludes halogenated alkanes) is 45. The summed E-state index contributed by atoms with van der Waals surface area (Å²) in [7, 11) is -9.91. The number of hydrogen-bond donors (Lipinski definition) is 3. The van der Waals surface area contributed by atoms with Crippen molar-refractivity contribution in [1.82, 2.24) is 0 Å². The van der Waals surface area contributed by atoms with Crippen molar-refractivity contribution in [3.63, 3.8) is 0 Å². The Kier molecular flexibility index (Phi) is 69.0. The van der Waals surface area contributed by atoms with Crippen molar-refractivity contribution < 1.29 is 80.2 Å². The number of hydrogen-bond acceptors (Lipinski definition) is 15. The first-order chi connectivity index (χ1) is 47.8. The quantitative estimate of drug-likeness (QED) is 0.0222. The Morgan fingerprint density at radius 2 is 0.515 bits per heavy atom. The molecular weight excluding hydrogens is 1290 g/mol. The molecule has 0 fully saturated rings. The minimum atomic E-state index is -4.96. The van der Waals surface area contributed by atoms with Gasteiger partial charge in [-0.2, -0.15) is 0 Å². The maximum Gasteiger partial charge on any atom is 0.472 e. The average molecular weight is 1450 g/mol. The Balaban J connectivity index is 5.16. The van der Waals surface area contributed by atoms with E-state index in [0.717, 1.165) is 120 Å². The Hall–Kier alpha value is -1.94. The molecule has 0 amide bonds. The predicted molar refractivity (Wildman–Crippen MR) is 405 cm³/mol. The first-order valence-electron chi connectivity index (χ1n) is 41.4. The van der Waals surface area contributed by atoms with Gasteiger partial charge in [-0.3, -0.25) is 37.3 Å². The zero-order valence-corrected chi connectivity index (χ0v) is 66.8. The molecule has 99 heavy (non-hydrogen) atoms. The smallest absolute Gasteiger partial charge is 0.462 e. The van der Waals surface area contributed by atoms with Gasteiger partial charge >= 0.3 is 39.5 Å². The van der Waals surface area contributed by atoms with Gasteiger partial charge in [0.2, 0.25) is 0 Å². The lowest BCUT2D eigenvalue weighted by Gasteiger charge is -2.21. The van der Waals surface area contributed by atoms with Crippen LogP contribution in [0.4, 0.5) is 0 Å². The first kappa shape index (κ1) is 97.1. The molecule has 0 aromatic heterocycles. The maximum absolute atomic E-state index is 13.1. The summed E-state index contributed by atoms with van der Waals surface area (Å²) < 4.78 is 68.6. The fourth-order valence-corrected chi connectivity index (χ4v) is 13.9. The van der Waals surface area contributed by atoms with Crippen LogP contribution in [0.3, 0.4) is 0 Å². The summed E-state index contributed by atoms with van der Waals surface area (Å²) in [4.78, 5) is 72.8. The van der Waals surface area contributed by atoms with E-state index >= 15 is 0 Å². The molecule has 0 rings (SSSR count). The van der Waals surface area contributed by atoms with E-state index in [2.05, 4.69) is 48.5 Å². The molecule has 0 aliphatic carbocycles. The molecule has 588 valence electrons. The van der Waals surface area contributed by atoms with E-state index in [1.54, 1.807) is 0 Å². The fourth-order valence-electron chi connectivity index (χ4n) is 12.3. The number of aliphatic hydroxyl groups is 1.